The number of amides is 1. The van der Waals surface area contributed by atoms with Gasteiger partial charge in [-0.05, 0) is 33.8 Å². The Morgan fingerprint density at radius 3 is 2.50 bits per heavy atom. The molecule has 132 valence electrons. The van der Waals surface area contributed by atoms with Crippen LogP contribution in [0.2, 0.25) is 0 Å². The molecule has 1 amide bonds. The van der Waals surface area contributed by atoms with Crippen LogP contribution in [0.15, 0.2) is 23.1 Å². The molecule has 1 aliphatic heterocycles. The summed E-state index contributed by atoms with van der Waals surface area (Å²) in [6.45, 7) is 8.33. The Morgan fingerprint density at radius 2 is 1.96 bits per heavy atom. The van der Waals surface area contributed by atoms with Crippen molar-refractivity contribution in [3.8, 4) is 0 Å². The molecule has 8 nitrogen and oxygen atoms in total. The van der Waals surface area contributed by atoms with Crippen molar-refractivity contribution in [3.63, 3.8) is 0 Å². The van der Waals surface area contributed by atoms with Crippen molar-refractivity contribution in [1.82, 2.24) is 9.88 Å². The van der Waals surface area contributed by atoms with Crippen LogP contribution in [-0.4, -0.2) is 32.5 Å². The lowest BCUT2D eigenvalue weighted by atomic mass is 9.79. The van der Waals surface area contributed by atoms with Gasteiger partial charge in [0.15, 0.2) is 0 Å². The minimum atomic E-state index is -0.768. The van der Waals surface area contributed by atoms with Gasteiger partial charge in [0, 0.05) is 31.1 Å². The van der Waals surface area contributed by atoms with Gasteiger partial charge in [0.05, 0.1) is 16.0 Å². The number of carbonyl (C=O) groups excluding carboxylic acids is 1. The third kappa shape index (κ3) is 4.41. The van der Waals surface area contributed by atoms with Gasteiger partial charge in [0.1, 0.15) is 6.54 Å². The minimum Gasteiger partial charge on any atom is -0.351 e. The van der Waals surface area contributed by atoms with Gasteiger partial charge in [-0.2, -0.15) is 0 Å². The Hall–Kier alpha value is -2.22. The summed E-state index contributed by atoms with van der Waals surface area (Å²) in [6, 6.07) is 2.55. The average Bonchev–Trinajstić information content (AvgIpc) is 2.36. The normalized spacial score (nSPS) is 19.7. The Kier molecular flexibility index (Phi) is 4.80. The highest BCUT2D eigenvalue weighted by atomic mass is 16.6. The van der Waals surface area contributed by atoms with Gasteiger partial charge in [-0.3, -0.25) is 19.7 Å². The van der Waals surface area contributed by atoms with Crippen LogP contribution in [0.1, 0.15) is 40.5 Å². The zero-order valence-electron chi connectivity index (χ0n) is 14.5. The van der Waals surface area contributed by atoms with E-state index < -0.39 is 16.2 Å². The number of aromatic nitrogens is 1. The molecule has 0 radical (unpaired) electrons. The van der Waals surface area contributed by atoms with Crippen molar-refractivity contribution in [3.05, 3.63) is 38.8 Å². The van der Waals surface area contributed by atoms with Crippen LogP contribution >= 0.6 is 0 Å². The smallest absolute Gasteiger partial charge is 0.334 e. The number of pyridine rings is 1. The first-order valence-corrected chi connectivity index (χ1v) is 7.99. The Labute approximate surface area is 140 Å². The van der Waals surface area contributed by atoms with E-state index in [4.69, 9.17) is 0 Å². The van der Waals surface area contributed by atoms with E-state index in [1.807, 2.05) is 0 Å². The summed E-state index contributed by atoms with van der Waals surface area (Å²) in [5, 5.41) is 16.1. The number of nitrogens with one attached hydrogen (secondary N) is 1. The van der Waals surface area contributed by atoms with E-state index in [9.17, 15) is 19.7 Å². The molecule has 0 aliphatic carbocycles. The van der Waals surface area contributed by atoms with E-state index in [0.29, 0.717) is 0 Å². The van der Waals surface area contributed by atoms with Crippen molar-refractivity contribution >= 4 is 11.6 Å². The SMILES string of the molecule is CC1(C)CC(NC(=O)Cn2cccc([N+](=O)[O-])c2=O)CC(C)(C)[NH2+]1. The second-order valence-corrected chi connectivity index (χ2v) is 7.88. The fraction of sp³-hybridized carbons (Fsp3) is 0.625. The number of nitro groups is 1. The molecule has 3 N–H and O–H groups in total. The molecule has 2 rings (SSSR count). The summed E-state index contributed by atoms with van der Waals surface area (Å²) in [4.78, 5) is 34.3. The van der Waals surface area contributed by atoms with Crippen molar-refractivity contribution in [1.29, 1.82) is 0 Å². The molecular formula is C16H25N4O4+. The second kappa shape index (κ2) is 6.35. The lowest BCUT2D eigenvalue weighted by Crippen LogP contribution is -3.06. The molecular weight excluding hydrogens is 312 g/mol. The molecule has 1 saturated heterocycles. The van der Waals surface area contributed by atoms with E-state index in [1.165, 1.54) is 12.3 Å². The number of nitrogens with zero attached hydrogens (tertiary/aromatic N) is 2. The fourth-order valence-corrected chi connectivity index (χ4v) is 3.84. The third-order valence-electron chi connectivity index (χ3n) is 4.20. The number of piperidine rings is 1. The highest BCUT2D eigenvalue weighted by Gasteiger charge is 2.42. The Bertz CT molecular complexity index is 692. The summed E-state index contributed by atoms with van der Waals surface area (Å²) in [7, 11) is 0. The third-order valence-corrected chi connectivity index (χ3v) is 4.20. The molecule has 0 bridgehead atoms. The largest absolute Gasteiger partial charge is 0.351 e. The van der Waals surface area contributed by atoms with E-state index in [-0.39, 0.29) is 29.6 Å². The summed E-state index contributed by atoms with van der Waals surface area (Å²) in [5.74, 6) is -0.309. The highest BCUT2D eigenvalue weighted by Crippen LogP contribution is 2.21. The lowest BCUT2D eigenvalue weighted by Gasteiger charge is -2.43. The molecule has 1 fully saturated rings. The van der Waals surface area contributed by atoms with Crippen molar-refractivity contribution in [2.45, 2.75) is 64.2 Å². The van der Waals surface area contributed by atoms with Crippen LogP contribution in [0.5, 0.6) is 0 Å². The molecule has 0 spiro atoms. The first-order chi connectivity index (χ1) is 11.0. The molecule has 0 aromatic carbocycles. The van der Waals surface area contributed by atoms with Gasteiger partial charge < -0.3 is 15.2 Å². The summed E-state index contributed by atoms with van der Waals surface area (Å²) >= 11 is 0. The van der Waals surface area contributed by atoms with Crippen LogP contribution in [0, 0.1) is 10.1 Å². The summed E-state index contributed by atoms with van der Waals surface area (Å²) < 4.78 is 1.07. The maximum atomic E-state index is 12.3. The number of hydrogen-bond donors (Lipinski definition) is 2. The first-order valence-electron chi connectivity index (χ1n) is 7.99. The van der Waals surface area contributed by atoms with E-state index >= 15 is 0 Å². The molecule has 0 unspecified atom stereocenters. The molecule has 24 heavy (non-hydrogen) atoms. The topological polar surface area (TPSA) is 111 Å². The number of carbonyl (C=O) groups is 1. The predicted octanol–water partition coefficient (Wildman–Crippen LogP) is 0.156. The maximum Gasteiger partial charge on any atom is 0.334 e. The zero-order chi connectivity index (χ0) is 18.1. The minimum absolute atomic E-state index is 0.0156. The summed E-state index contributed by atoms with van der Waals surface area (Å²) in [5.41, 5.74) is -1.26. The Morgan fingerprint density at radius 1 is 1.38 bits per heavy atom. The van der Waals surface area contributed by atoms with Crippen molar-refractivity contribution in [2.75, 3.05) is 0 Å². The van der Waals surface area contributed by atoms with Crippen LogP contribution in [0.25, 0.3) is 0 Å². The predicted molar refractivity (Wildman–Crippen MR) is 88.6 cm³/mol. The molecule has 0 saturated carbocycles. The van der Waals surface area contributed by atoms with Crippen LogP contribution in [-0.2, 0) is 11.3 Å². The van der Waals surface area contributed by atoms with Crippen LogP contribution in [0.4, 0.5) is 5.69 Å². The van der Waals surface area contributed by atoms with Crippen LogP contribution < -0.4 is 16.2 Å². The second-order valence-electron chi connectivity index (χ2n) is 7.88. The lowest BCUT2D eigenvalue weighted by molar-refractivity contribution is -0.787. The van der Waals surface area contributed by atoms with Crippen LogP contribution in [0.3, 0.4) is 0 Å². The average molecular weight is 337 g/mol. The molecule has 1 aromatic rings. The van der Waals surface area contributed by atoms with Crippen molar-refractivity contribution < 1.29 is 15.0 Å². The van der Waals surface area contributed by atoms with Crippen molar-refractivity contribution in [2.24, 2.45) is 0 Å². The number of hydrogen-bond acceptors (Lipinski definition) is 4. The van der Waals surface area contributed by atoms with E-state index in [0.717, 1.165) is 23.5 Å². The maximum absolute atomic E-state index is 12.3. The van der Waals surface area contributed by atoms with E-state index in [1.54, 1.807) is 0 Å². The number of rotatable bonds is 4. The molecule has 8 heteroatoms. The summed E-state index contributed by atoms with van der Waals surface area (Å²) in [6.07, 6.45) is 3.04. The number of quaternary nitrogens is 1. The van der Waals surface area contributed by atoms with Gasteiger partial charge in [-0.25, -0.2) is 0 Å². The highest BCUT2D eigenvalue weighted by molar-refractivity contribution is 5.76. The molecule has 0 atom stereocenters. The van der Waals surface area contributed by atoms with Gasteiger partial charge in [-0.1, -0.05) is 0 Å². The molecule has 2 heterocycles. The van der Waals surface area contributed by atoms with Gasteiger partial charge in [0.25, 0.3) is 0 Å². The Balaban J connectivity index is 2.08. The number of nitrogens with two attached hydrogens (primary N) is 1. The fourth-order valence-electron chi connectivity index (χ4n) is 3.84. The van der Waals surface area contributed by atoms with Gasteiger partial charge in [0.2, 0.25) is 5.91 Å². The quantitative estimate of drug-likeness (QED) is 0.602. The molecule has 1 aromatic heterocycles. The van der Waals surface area contributed by atoms with Gasteiger partial charge >= 0.3 is 11.2 Å². The van der Waals surface area contributed by atoms with Gasteiger partial charge in [-0.15, -0.1) is 0 Å². The standard InChI is InChI=1S/C16H24N4O4/c1-15(2)8-11(9-16(3,4)18-15)17-13(21)10-19-7-5-6-12(14(19)22)20(23)24/h5-7,11,18H,8-10H2,1-4H3,(H,17,21)/p+1. The first kappa shape index (κ1) is 18.1. The van der Waals surface area contributed by atoms with E-state index in [2.05, 4.69) is 38.3 Å². The zero-order valence-corrected chi connectivity index (χ0v) is 14.5. The monoisotopic (exact) mass is 337 g/mol. The molecule has 1 aliphatic rings.